The number of pyridine rings is 2. The van der Waals surface area contributed by atoms with E-state index in [2.05, 4.69) is 61.3 Å². The lowest BCUT2D eigenvalue weighted by Crippen LogP contribution is -2.47. The molecule has 2 unspecified atom stereocenters. The summed E-state index contributed by atoms with van der Waals surface area (Å²) in [6.07, 6.45) is 9.98. The Kier molecular flexibility index (Phi) is 15.9. The molecule has 2 fully saturated rings. The van der Waals surface area contributed by atoms with Gasteiger partial charge in [-0.1, -0.05) is 13.8 Å². The lowest BCUT2D eigenvalue weighted by Gasteiger charge is -2.38. The number of aliphatic carboxylic acids is 1. The van der Waals surface area contributed by atoms with E-state index in [1.807, 2.05) is 31.0 Å². The Balaban J connectivity index is 0.000000209. The van der Waals surface area contributed by atoms with E-state index in [1.54, 1.807) is 56.5 Å². The molecule has 7 N–H and O–H groups in total. The third-order valence-electron chi connectivity index (χ3n) is 9.88. The highest BCUT2D eigenvalue weighted by atomic mass is 16.6. The molecule has 0 aliphatic carbocycles. The number of carbonyl (C=O) groups excluding carboxylic acids is 4. The number of likely N-dealkylation sites (tertiary alicyclic amines) is 1. The van der Waals surface area contributed by atoms with Gasteiger partial charge in [0.25, 0.3) is 0 Å². The van der Waals surface area contributed by atoms with Gasteiger partial charge in [-0.15, -0.1) is 0 Å². The Hall–Kier alpha value is -6.37. The van der Waals surface area contributed by atoms with Gasteiger partial charge in [-0.05, 0) is 114 Å². The summed E-state index contributed by atoms with van der Waals surface area (Å²) in [5, 5.41) is 27.7. The number of nitrogens with zero attached hydrogens (tertiary/aromatic N) is 7. The number of nitrogens with one attached hydrogen (secondary N) is 4. The fourth-order valence-electron chi connectivity index (χ4n) is 6.70. The lowest BCUT2D eigenvalue weighted by molar-refractivity contribution is -0.147. The lowest BCUT2D eigenvalue weighted by atomic mass is 9.92. The summed E-state index contributed by atoms with van der Waals surface area (Å²) >= 11 is 0. The molecule has 6 rings (SSSR count). The van der Waals surface area contributed by atoms with E-state index in [-0.39, 0.29) is 17.5 Å². The molecule has 4 aromatic rings. The number of nitrogens with two attached hydrogens (primary N) is 1. The van der Waals surface area contributed by atoms with Crippen LogP contribution in [-0.4, -0.2) is 88.0 Å². The number of carboxylic acid groups (broad SMARTS) is 1. The first-order chi connectivity index (χ1) is 28.2. The van der Waals surface area contributed by atoms with E-state index in [0.717, 1.165) is 36.6 Å². The fourth-order valence-corrected chi connectivity index (χ4v) is 6.70. The average molecular weight is 831 g/mol. The Morgan fingerprint density at radius 3 is 1.93 bits per heavy atom. The molecule has 2 aliphatic rings. The van der Waals surface area contributed by atoms with Crippen LogP contribution in [0.25, 0.3) is 0 Å². The highest BCUT2D eigenvalue weighted by molar-refractivity contribution is 6.39. The van der Waals surface area contributed by atoms with Crippen LogP contribution in [0.15, 0.2) is 49.1 Å². The van der Waals surface area contributed by atoms with Crippen LogP contribution in [0.1, 0.15) is 94.9 Å². The van der Waals surface area contributed by atoms with Gasteiger partial charge in [-0.25, -0.2) is 19.6 Å². The van der Waals surface area contributed by atoms with Crippen molar-refractivity contribution < 1.29 is 33.8 Å². The van der Waals surface area contributed by atoms with E-state index < -0.39 is 35.4 Å². The number of piperidine rings is 2. The zero-order valence-corrected chi connectivity index (χ0v) is 35.8. The van der Waals surface area contributed by atoms with Crippen molar-refractivity contribution in [3.63, 3.8) is 0 Å². The maximum atomic E-state index is 12.9. The van der Waals surface area contributed by atoms with Crippen LogP contribution < -0.4 is 27.0 Å². The van der Waals surface area contributed by atoms with Crippen LogP contribution in [0.4, 0.5) is 27.8 Å². The smallest absolute Gasteiger partial charge is 0.413 e. The number of anilines is 4. The van der Waals surface area contributed by atoms with Gasteiger partial charge in [-0.3, -0.25) is 29.1 Å². The van der Waals surface area contributed by atoms with Gasteiger partial charge in [-0.2, -0.15) is 10.2 Å². The minimum atomic E-state index is -1.59. The minimum Gasteiger partial charge on any atom is -0.474 e. The predicted octanol–water partition coefficient (Wildman–Crippen LogP) is 4.88. The molecule has 0 aromatic carbocycles. The zero-order valence-electron chi connectivity index (χ0n) is 35.8. The molecule has 0 radical (unpaired) electrons. The Morgan fingerprint density at radius 1 is 0.817 bits per heavy atom. The molecule has 0 spiro atoms. The first-order valence-corrected chi connectivity index (χ1v) is 19.8. The molecule has 0 bridgehead atoms. The maximum Gasteiger partial charge on any atom is 0.413 e. The van der Waals surface area contributed by atoms with E-state index in [1.165, 1.54) is 37.0 Å². The number of aromatic nitrogens is 6. The number of hydrogen-bond donors (Lipinski definition) is 6. The van der Waals surface area contributed by atoms with Gasteiger partial charge in [0.1, 0.15) is 17.2 Å². The number of aryl methyl sites for hydroxylation is 4. The van der Waals surface area contributed by atoms with Crippen molar-refractivity contribution in [1.29, 1.82) is 0 Å². The topological polar surface area (TPSA) is 254 Å². The molecule has 324 valence electrons. The zero-order chi connectivity index (χ0) is 44.3. The largest absolute Gasteiger partial charge is 0.474 e. The van der Waals surface area contributed by atoms with Crippen molar-refractivity contribution in [1.82, 2.24) is 39.7 Å². The number of amides is 4. The van der Waals surface area contributed by atoms with Crippen molar-refractivity contribution in [2.75, 3.05) is 34.8 Å². The average Bonchev–Trinajstić information content (AvgIpc) is 3.81. The summed E-state index contributed by atoms with van der Waals surface area (Å²) in [5.74, 6) is -2.14. The van der Waals surface area contributed by atoms with Crippen LogP contribution in [0.5, 0.6) is 0 Å². The van der Waals surface area contributed by atoms with Crippen LogP contribution in [-0.2, 0) is 38.0 Å². The molecule has 0 saturated carbocycles. The number of nitrogen functional groups attached to an aromatic ring is 1. The van der Waals surface area contributed by atoms with Gasteiger partial charge in [0.15, 0.2) is 0 Å². The van der Waals surface area contributed by atoms with Gasteiger partial charge < -0.3 is 36.4 Å². The molecule has 2 saturated heterocycles. The number of carbonyl (C=O) groups is 5. The summed E-state index contributed by atoms with van der Waals surface area (Å²) in [7, 11) is 3.86. The minimum absolute atomic E-state index is 0.150. The molecule has 60 heavy (non-hydrogen) atoms. The first kappa shape index (κ1) is 46.3. The Bertz CT molecular complexity index is 2140. The molecule has 4 amide bonds. The summed E-state index contributed by atoms with van der Waals surface area (Å²) in [6.45, 7) is 14.7. The highest BCUT2D eigenvalue weighted by Crippen LogP contribution is 2.33. The van der Waals surface area contributed by atoms with Crippen molar-refractivity contribution in [2.45, 2.75) is 91.8 Å². The standard InChI is InChI=1S/C18H24N6O2.C13H17N3O5.C10H17N3/c1-11-4-5-15(14-6-7-21-23(14)3)24(10-11)18(26)17(25)22-13-8-12(2)16(19)20-9-13;1-7-5-8(15-10(17)11(18)19)6-14-9(7)16-12(20)21-13(2,3)4;1-8-3-4-9(11-7-8)10-5-6-12-13(10)2/h6-9,11,15H,4-5,10H2,1-3H3,(H2,19,20)(H,22,25);5-6H,1-4H3,(H,15,17)(H,18,19)(H,14,16,20);5-6,8-9,11H,3-4,7H2,1-2H3/t11-,15+;;/m1../s1. The molecule has 2 aliphatic heterocycles. The number of hydrogen-bond acceptors (Lipinski definition) is 12. The van der Waals surface area contributed by atoms with Gasteiger partial charge >= 0.3 is 29.8 Å². The van der Waals surface area contributed by atoms with Gasteiger partial charge in [0, 0.05) is 39.1 Å². The monoisotopic (exact) mass is 830 g/mol. The normalized spacial score (nSPS) is 18.7. The van der Waals surface area contributed by atoms with E-state index in [4.69, 9.17) is 15.6 Å². The SMILES string of the molecule is CC1CCC(c2ccnn2C)NC1.Cc1cc(NC(=O)C(=O)N2C[C@H](C)CC[C@H]2c2ccnn2C)cnc1N.Cc1cc(NC(=O)C(=O)O)cnc1NC(=O)OC(C)(C)C. The van der Waals surface area contributed by atoms with Crippen LogP contribution in [0, 0.1) is 25.7 Å². The van der Waals surface area contributed by atoms with E-state index >= 15 is 0 Å². The van der Waals surface area contributed by atoms with Gasteiger partial charge in [0.05, 0.1) is 41.2 Å². The van der Waals surface area contributed by atoms with E-state index in [0.29, 0.717) is 35.6 Å². The van der Waals surface area contributed by atoms with Crippen molar-refractivity contribution in [3.05, 3.63) is 71.6 Å². The quantitative estimate of drug-likeness (QED) is 0.147. The van der Waals surface area contributed by atoms with Crippen molar-refractivity contribution >= 4 is 52.8 Å². The number of rotatable bonds is 5. The molecule has 6 heterocycles. The molecule has 4 atom stereocenters. The Labute approximate surface area is 349 Å². The Morgan fingerprint density at radius 2 is 1.40 bits per heavy atom. The summed E-state index contributed by atoms with van der Waals surface area (Å²) < 4.78 is 8.81. The summed E-state index contributed by atoms with van der Waals surface area (Å²) in [5.41, 5.74) is 9.27. The van der Waals surface area contributed by atoms with Crippen LogP contribution >= 0.6 is 0 Å². The predicted molar refractivity (Wildman–Crippen MR) is 226 cm³/mol. The number of ether oxygens (including phenoxy) is 1. The molecule has 19 nitrogen and oxygen atoms in total. The third-order valence-corrected chi connectivity index (χ3v) is 9.88. The second-order valence-electron chi connectivity index (χ2n) is 16.2. The van der Waals surface area contributed by atoms with Crippen molar-refractivity contribution in [2.24, 2.45) is 25.9 Å². The molecule has 19 heteroatoms. The molecule has 4 aromatic heterocycles. The second-order valence-corrected chi connectivity index (χ2v) is 16.2. The fraction of sp³-hybridized carbons (Fsp3) is 0.488. The summed E-state index contributed by atoms with van der Waals surface area (Å²) in [6, 6.07) is 7.55. The van der Waals surface area contributed by atoms with Crippen molar-refractivity contribution in [3.8, 4) is 0 Å². The molecular formula is C41H58N12O7. The first-order valence-electron chi connectivity index (χ1n) is 19.8. The van der Waals surface area contributed by atoms with Gasteiger partial charge in [0.2, 0.25) is 0 Å². The summed E-state index contributed by atoms with van der Waals surface area (Å²) in [4.78, 5) is 68.0. The van der Waals surface area contributed by atoms with Crippen LogP contribution in [0.2, 0.25) is 0 Å². The highest BCUT2D eigenvalue weighted by Gasteiger charge is 2.35. The molecular weight excluding hydrogens is 773 g/mol. The maximum absolute atomic E-state index is 12.9. The third kappa shape index (κ3) is 13.3. The second kappa shape index (κ2) is 20.5. The van der Waals surface area contributed by atoms with E-state index in [9.17, 15) is 24.0 Å². The van der Waals surface area contributed by atoms with Crippen LogP contribution in [0.3, 0.4) is 0 Å². The number of carboxylic acids is 1.